The lowest BCUT2D eigenvalue weighted by Crippen LogP contribution is -2.36. The first-order valence-electron chi connectivity index (χ1n) is 9.63. The SMILES string of the molecule is COc1ccc(C(=O)NC(=O)COC(=O)CNC(=O)c2ccc(C(C)(C)C)cc2)cc1. The van der Waals surface area contributed by atoms with Crippen LogP contribution in [0.3, 0.4) is 0 Å². The lowest BCUT2D eigenvalue weighted by molar-refractivity contribution is -0.147. The van der Waals surface area contributed by atoms with Crippen molar-refractivity contribution in [1.82, 2.24) is 10.6 Å². The van der Waals surface area contributed by atoms with E-state index in [0.29, 0.717) is 11.3 Å². The Hall–Kier alpha value is -3.68. The smallest absolute Gasteiger partial charge is 0.325 e. The van der Waals surface area contributed by atoms with Crippen molar-refractivity contribution in [2.75, 3.05) is 20.3 Å². The minimum Gasteiger partial charge on any atom is -0.497 e. The number of hydrogen-bond donors (Lipinski definition) is 2. The molecule has 0 fully saturated rings. The van der Waals surface area contributed by atoms with Crippen molar-refractivity contribution < 1.29 is 28.7 Å². The third-order valence-electron chi connectivity index (χ3n) is 4.38. The first-order chi connectivity index (χ1) is 14.6. The summed E-state index contributed by atoms with van der Waals surface area (Å²) in [7, 11) is 1.50. The van der Waals surface area contributed by atoms with Crippen molar-refractivity contribution in [3.8, 4) is 5.75 Å². The van der Waals surface area contributed by atoms with Crippen LogP contribution in [0.1, 0.15) is 47.1 Å². The van der Waals surface area contributed by atoms with Crippen molar-refractivity contribution >= 4 is 23.7 Å². The van der Waals surface area contributed by atoms with Crippen LogP contribution in [0.2, 0.25) is 0 Å². The molecule has 0 aliphatic rings. The zero-order chi connectivity index (χ0) is 23.0. The Morgan fingerprint density at radius 2 is 1.39 bits per heavy atom. The lowest BCUT2D eigenvalue weighted by atomic mass is 9.87. The number of carbonyl (C=O) groups excluding carboxylic acids is 4. The summed E-state index contributed by atoms with van der Waals surface area (Å²) >= 11 is 0. The van der Waals surface area contributed by atoms with Gasteiger partial charge in [-0.25, -0.2) is 0 Å². The topological polar surface area (TPSA) is 111 Å². The van der Waals surface area contributed by atoms with Crippen LogP contribution < -0.4 is 15.4 Å². The zero-order valence-electron chi connectivity index (χ0n) is 18.0. The molecule has 0 aromatic heterocycles. The number of benzene rings is 2. The second-order valence-electron chi connectivity index (χ2n) is 7.78. The number of rotatable bonds is 7. The van der Waals surface area contributed by atoms with E-state index in [1.165, 1.54) is 19.2 Å². The normalized spacial score (nSPS) is 10.7. The van der Waals surface area contributed by atoms with Gasteiger partial charge in [-0.2, -0.15) is 0 Å². The molecule has 0 aliphatic heterocycles. The summed E-state index contributed by atoms with van der Waals surface area (Å²) in [6, 6.07) is 13.2. The van der Waals surface area contributed by atoms with E-state index in [4.69, 9.17) is 9.47 Å². The quantitative estimate of drug-likeness (QED) is 0.657. The van der Waals surface area contributed by atoms with Gasteiger partial charge in [0.2, 0.25) is 0 Å². The maximum Gasteiger partial charge on any atom is 0.325 e. The minimum atomic E-state index is -0.799. The first kappa shape index (κ1) is 23.6. The highest BCUT2D eigenvalue weighted by Crippen LogP contribution is 2.22. The van der Waals surface area contributed by atoms with E-state index in [1.807, 2.05) is 12.1 Å². The van der Waals surface area contributed by atoms with Crippen LogP contribution in [0.25, 0.3) is 0 Å². The van der Waals surface area contributed by atoms with Gasteiger partial charge in [0, 0.05) is 11.1 Å². The van der Waals surface area contributed by atoms with Gasteiger partial charge >= 0.3 is 5.97 Å². The van der Waals surface area contributed by atoms with Crippen LogP contribution in [0.5, 0.6) is 5.75 Å². The number of esters is 1. The third kappa shape index (κ3) is 7.26. The van der Waals surface area contributed by atoms with Gasteiger partial charge in [-0.05, 0) is 47.4 Å². The van der Waals surface area contributed by atoms with Crippen LogP contribution in [-0.2, 0) is 19.7 Å². The maximum absolute atomic E-state index is 12.1. The average molecular weight is 426 g/mol. The molecule has 0 spiro atoms. The molecule has 0 heterocycles. The predicted octanol–water partition coefficient (Wildman–Crippen LogP) is 2.22. The Labute approximate surface area is 180 Å². The van der Waals surface area contributed by atoms with E-state index in [9.17, 15) is 19.2 Å². The van der Waals surface area contributed by atoms with Gasteiger partial charge in [-0.3, -0.25) is 24.5 Å². The van der Waals surface area contributed by atoms with E-state index >= 15 is 0 Å². The van der Waals surface area contributed by atoms with Gasteiger partial charge < -0.3 is 14.8 Å². The molecule has 0 atom stereocenters. The van der Waals surface area contributed by atoms with Gasteiger partial charge in [0.05, 0.1) is 7.11 Å². The van der Waals surface area contributed by atoms with Crippen molar-refractivity contribution in [2.45, 2.75) is 26.2 Å². The zero-order valence-corrected chi connectivity index (χ0v) is 18.0. The van der Waals surface area contributed by atoms with Crippen LogP contribution >= 0.6 is 0 Å². The molecule has 8 nitrogen and oxygen atoms in total. The molecule has 8 heteroatoms. The molecule has 0 saturated heterocycles. The first-order valence-corrected chi connectivity index (χ1v) is 9.63. The summed E-state index contributed by atoms with van der Waals surface area (Å²) in [5.74, 6) is -2.07. The fourth-order valence-electron chi connectivity index (χ4n) is 2.55. The number of methoxy groups -OCH3 is 1. The number of amides is 3. The molecule has 3 amide bonds. The van der Waals surface area contributed by atoms with Gasteiger partial charge in [0.15, 0.2) is 6.61 Å². The molecule has 31 heavy (non-hydrogen) atoms. The van der Waals surface area contributed by atoms with Crippen molar-refractivity contribution in [3.63, 3.8) is 0 Å². The van der Waals surface area contributed by atoms with E-state index < -0.39 is 36.8 Å². The predicted molar refractivity (Wildman–Crippen MR) is 114 cm³/mol. The Kier molecular flexibility index (Phi) is 7.90. The summed E-state index contributed by atoms with van der Waals surface area (Å²) in [5.41, 5.74) is 1.71. The summed E-state index contributed by atoms with van der Waals surface area (Å²) in [6.45, 7) is 5.16. The molecule has 0 radical (unpaired) electrons. The Morgan fingerprint density at radius 3 is 1.94 bits per heavy atom. The molecule has 0 saturated carbocycles. The van der Waals surface area contributed by atoms with Crippen LogP contribution in [0.4, 0.5) is 0 Å². The molecule has 2 aromatic rings. The summed E-state index contributed by atoms with van der Waals surface area (Å²) < 4.78 is 9.78. The van der Waals surface area contributed by atoms with Crippen molar-refractivity contribution in [1.29, 1.82) is 0 Å². The standard InChI is InChI=1S/C23H26N2O6/c1-23(2,3)17-9-5-15(6-10-17)21(28)24-13-20(27)31-14-19(26)25-22(29)16-7-11-18(30-4)12-8-16/h5-12H,13-14H2,1-4H3,(H,24,28)(H,25,26,29). The summed E-state index contributed by atoms with van der Waals surface area (Å²) in [6.07, 6.45) is 0. The molecule has 2 N–H and O–H groups in total. The monoisotopic (exact) mass is 426 g/mol. The minimum absolute atomic E-state index is 0.0336. The second-order valence-corrected chi connectivity index (χ2v) is 7.78. The number of nitrogens with one attached hydrogen (secondary N) is 2. The van der Waals surface area contributed by atoms with Crippen molar-refractivity contribution in [3.05, 3.63) is 65.2 Å². The van der Waals surface area contributed by atoms with Crippen molar-refractivity contribution in [2.24, 2.45) is 0 Å². The van der Waals surface area contributed by atoms with E-state index in [-0.39, 0.29) is 11.0 Å². The largest absolute Gasteiger partial charge is 0.497 e. The molecule has 164 valence electrons. The summed E-state index contributed by atoms with van der Waals surface area (Å²) in [4.78, 5) is 47.7. The third-order valence-corrected chi connectivity index (χ3v) is 4.38. The van der Waals surface area contributed by atoms with Gasteiger partial charge in [0.25, 0.3) is 17.7 Å². The van der Waals surface area contributed by atoms with Gasteiger partial charge in [-0.1, -0.05) is 32.9 Å². The molecule has 0 unspecified atom stereocenters. The lowest BCUT2D eigenvalue weighted by Gasteiger charge is -2.19. The molecule has 2 aromatic carbocycles. The van der Waals surface area contributed by atoms with Gasteiger partial charge in [0.1, 0.15) is 12.3 Å². The van der Waals surface area contributed by atoms with E-state index in [0.717, 1.165) is 5.56 Å². The number of imide groups is 1. The highest BCUT2D eigenvalue weighted by Gasteiger charge is 2.16. The number of hydrogen-bond acceptors (Lipinski definition) is 6. The van der Waals surface area contributed by atoms with Gasteiger partial charge in [-0.15, -0.1) is 0 Å². The molecule has 2 rings (SSSR count). The Morgan fingerprint density at radius 1 is 0.839 bits per heavy atom. The van der Waals surface area contributed by atoms with E-state index in [1.54, 1.807) is 24.3 Å². The highest BCUT2D eigenvalue weighted by molar-refractivity contribution is 6.05. The fourth-order valence-corrected chi connectivity index (χ4v) is 2.55. The highest BCUT2D eigenvalue weighted by atomic mass is 16.5. The average Bonchev–Trinajstić information content (AvgIpc) is 2.75. The molecular formula is C23H26N2O6. The number of ether oxygens (including phenoxy) is 2. The van der Waals surface area contributed by atoms with Crippen LogP contribution in [-0.4, -0.2) is 44.0 Å². The van der Waals surface area contributed by atoms with E-state index in [2.05, 4.69) is 31.4 Å². The summed E-state index contributed by atoms with van der Waals surface area (Å²) in [5, 5.41) is 4.55. The Bertz CT molecular complexity index is 944. The number of carbonyl (C=O) groups is 4. The maximum atomic E-state index is 12.1. The second kappa shape index (κ2) is 10.4. The Balaban J connectivity index is 1.75. The molecule has 0 aliphatic carbocycles. The molecular weight excluding hydrogens is 400 g/mol. The molecule has 0 bridgehead atoms. The van der Waals surface area contributed by atoms with Crippen LogP contribution in [0.15, 0.2) is 48.5 Å². The van der Waals surface area contributed by atoms with Crippen LogP contribution in [0, 0.1) is 0 Å². The fraction of sp³-hybridized carbons (Fsp3) is 0.304.